The smallest absolute Gasteiger partial charge is 0.315 e. The Balaban J connectivity index is 1.59. The lowest BCUT2D eigenvalue weighted by Gasteiger charge is -2.20. The summed E-state index contributed by atoms with van der Waals surface area (Å²) in [5.41, 5.74) is 0.930. The van der Waals surface area contributed by atoms with Crippen LogP contribution in [0.5, 0.6) is 11.5 Å². The number of hydrogen-bond donors (Lipinski definition) is 2. The lowest BCUT2D eigenvalue weighted by molar-refractivity contribution is 0.171. The molecular weight excluding hydrogens is 366 g/mol. The van der Waals surface area contributed by atoms with Crippen molar-refractivity contribution in [1.29, 1.82) is 0 Å². The van der Waals surface area contributed by atoms with Crippen molar-refractivity contribution in [2.75, 3.05) is 13.2 Å². The molecule has 138 valence electrons. The summed E-state index contributed by atoms with van der Waals surface area (Å²) in [4.78, 5) is 12.0. The molecule has 8 heteroatoms. The molecule has 2 aromatic rings. The zero-order chi connectivity index (χ0) is 18.7. The maximum Gasteiger partial charge on any atom is 0.315 e. The van der Waals surface area contributed by atoms with Crippen LogP contribution in [0.15, 0.2) is 30.3 Å². The second-order valence-corrected chi connectivity index (χ2v) is 6.22. The molecule has 1 atom stereocenters. The molecule has 0 radical (unpaired) electrons. The highest BCUT2D eigenvalue weighted by atomic mass is 35.5. The SMILES string of the molecule is CC(NC(=O)NCc1cc(Cl)c2c(c1)OCCO2)c1ccc(F)cc1F. The Hall–Kier alpha value is -2.54. The lowest BCUT2D eigenvalue weighted by atomic mass is 10.1. The standard InChI is InChI=1S/C18H17ClF2N2O3/c1-10(13-3-2-12(20)8-15(13)21)23-18(24)22-9-11-6-14(19)17-16(7-11)25-4-5-26-17/h2-3,6-8,10H,4-5,9H2,1H3,(H2,22,23,24). The van der Waals surface area contributed by atoms with Crippen LogP contribution in [0.4, 0.5) is 13.6 Å². The first-order chi connectivity index (χ1) is 12.4. The maximum atomic E-state index is 13.8. The fraction of sp³-hybridized carbons (Fsp3) is 0.278. The van der Waals surface area contributed by atoms with Crippen molar-refractivity contribution in [1.82, 2.24) is 10.6 Å². The van der Waals surface area contributed by atoms with Crippen molar-refractivity contribution in [3.63, 3.8) is 0 Å². The molecule has 26 heavy (non-hydrogen) atoms. The van der Waals surface area contributed by atoms with Crippen molar-refractivity contribution >= 4 is 17.6 Å². The van der Waals surface area contributed by atoms with Gasteiger partial charge in [0.1, 0.15) is 24.8 Å². The highest BCUT2D eigenvalue weighted by Gasteiger charge is 2.18. The number of nitrogens with one attached hydrogen (secondary N) is 2. The van der Waals surface area contributed by atoms with E-state index in [4.69, 9.17) is 21.1 Å². The number of amides is 2. The van der Waals surface area contributed by atoms with Crippen LogP contribution in [0, 0.1) is 11.6 Å². The summed E-state index contributed by atoms with van der Waals surface area (Å²) in [6.07, 6.45) is 0. The Morgan fingerprint density at radius 3 is 2.77 bits per heavy atom. The highest BCUT2D eigenvalue weighted by molar-refractivity contribution is 6.32. The molecule has 0 aliphatic carbocycles. The molecule has 5 nitrogen and oxygen atoms in total. The summed E-state index contributed by atoms with van der Waals surface area (Å²) in [5, 5.41) is 5.67. The fourth-order valence-corrected chi connectivity index (χ4v) is 2.91. The van der Waals surface area contributed by atoms with Crippen LogP contribution in [0.1, 0.15) is 24.1 Å². The summed E-state index contributed by atoms with van der Waals surface area (Å²) >= 11 is 6.15. The summed E-state index contributed by atoms with van der Waals surface area (Å²) < 4.78 is 37.6. The number of hydrogen-bond acceptors (Lipinski definition) is 3. The van der Waals surface area contributed by atoms with Crippen LogP contribution in [0.2, 0.25) is 5.02 Å². The minimum atomic E-state index is -0.712. The molecular formula is C18H17ClF2N2O3. The first-order valence-electron chi connectivity index (χ1n) is 8.01. The van der Waals surface area contributed by atoms with Crippen LogP contribution in [0.25, 0.3) is 0 Å². The van der Waals surface area contributed by atoms with Gasteiger partial charge in [-0.1, -0.05) is 17.7 Å². The van der Waals surface area contributed by atoms with Gasteiger partial charge in [-0.3, -0.25) is 0 Å². The third kappa shape index (κ3) is 4.16. The molecule has 0 fully saturated rings. The van der Waals surface area contributed by atoms with Crippen molar-refractivity contribution in [3.8, 4) is 11.5 Å². The predicted molar refractivity (Wildman–Crippen MR) is 92.6 cm³/mol. The van der Waals surface area contributed by atoms with Gasteiger partial charge in [0.15, 0.2) is 11.5 Å². The number of rotatable bonds is 4. The third-order valence-corrected chi connectivity index (χ3v) is 4.17. The number of carbonyl (C=O) groups excluding carboxylic acids is 1. The number of ether oxygens (including phenoxy) is 2. The highest BCUT2D eigenvalue weighted by Crippen LogP contribution is 2.38. The first kappa shape index (κ1) is 18.3. The van der Waals surface area contributed by atoms with Crippen LogP contribution >= 0.6 is 11.6 Å². The molecule has 0 saturated heterocycles. The first-order valence-corrected chi connectivity index (χ1v) is 8.39. The van der Waals surface area contributed by atoms with E-state index < -0.39 is 23.7 Å². The van der Waals surface area contributed by atoms with E-state index in [-0.39, 0.29) is 12.1 Å². The van der Waals surface area contributed by atoms with Crippen LogP contribution < -0.4 is 20.1 Å². The van der Waals surface area contributed by atoms with E-state index in [0.29, 0.717) is 29.7 Å². The molecule has 3 rings (SSSR count). The van der Waals surface area contributed by atoms with Gasteiger partial charge >= 0.3 is 6.03 Å². The number of halogens is 3. The van der Waals surface area contributed by atoms with Gasteiger partial charge in [0.2, 0.25) is 0 Å². The summed E-state index contributed by atoms with van der Waals surface area (Å²) in [6.45, 7) is 2.67. The van der Waals surface area contributed by atoms with Crippen molar-refractivity contribution < 1.29 is 23.0 Å². The van der Waals surface area contributed by atoms with E-state index in [1.807, 2.05) is 0 Å². The van der Waals surface area contributed by atoms with Gasteiger partial charge < -0.3 is 20.1 Å². The van der Waals surface area contributed by atoms with E-state index in [0.717, 1.165) is 17.7 Å². The molecule has 2 amide bonds. The number of urea groups is 1. The van der Waals surface area contributed by atoms with E-state index in [1.54, 1.807) is 19.1 Å². The van der Waals surface area contributed by atoms with Gasteiger partial charge in [-0.25, -0.2) is 13.6 Å². The quantitative estimate of drug-likeness (QED) is 0.841. The zero-order valence-electron chi connectivity index (χ0n) is 13.9. The largest absolute Gasteiger partial charge is 0.486 e. The van der Waals surface area contributed by atoms with Gasteiger partial charge in [0.05, 0.1) is 11.1 Å². The molecule has 0 aromatic heterocycles. The molecule has 1 aliphatic rings. The fourth-order valence-electron chi connectivity index (χ4n) is 2.63. The Morgan fingerprint density at radius 1 is 1.23 bits per heavy atom. The molecule has 2 aromatic carbocycles. The molecule has 0 bridgehead atoms. The minimum absolute atomic E-state index is 0.195. The van der Waals surface area contributed by atoms with E-state index in [9.17, 15) is 13.6 Å². The van der Waals surface area contributed by atoms with Gasteiger partial charge in [-0.05, 0) is 30.7 Å². The lowest BCUT2D eigenvalue weighted by Crippen LogP contribution is -2.36. The monoisotopic (exact) mass is 382 g/mol. The van der Waals surface area contributed by atoms with Crippen LogP contribution in [0.3, 0.4) is 0 Å². The van der Waals surface area contributed by atoms with Crippen molar-refractivity contribution in [2.45, 2.75) is 19.5 Å². The third-order valence-electron chi connectivity index (χ3n) is 3.89. The van der Waals surface area contributed by atoms with Gasteiger partial charge in [0, 0.05) is 18.2 Å². The van der Waals surface area contributed by atoms with Crippen LogP contribution in [-0.4, -0.2) is 19.2 Å². The average molecular weight is 383 g/mol. The number of benzene rings is 2. The van der Waals surface area contributed by atoms with Crippen molar-refractivity contribution in [2.24, 2.45) is 0 Å². The topological polar surface area (TPSA) is 59.6 Å². The molecule has 1 unspecified atom stereocenters. The predicted octanol–water partition coefficient (Wildman–Crippen LogP) is 3.95. The van der Waals surface area contributed by atoms with E-state index in [2.05, 4.69) is 10.6 Å². The molecule has 0 saturated carbocycles. The second kappa shape index (κ2) is 7.78. The Morgan fingerprint density at radius 2 is 2.00 bits per heavy atom. The number of carbonyl (C=O) groups is 1. The van der Waals surface area contributed by atoms with E-state index in [1.165, 1.54) is 6.07 Å². The molecule has 1 heterocycles. The Bertz CT molecular complexity index is 832. The second-order valence-electron chi connectivity index (χ2n) is 5.82. The molecule has 1 aliphatic heterocycles. The minimum Gasteiger partial charge on any atom is -0.486 e. The molecule has 2 N–H and O–H groups in total. The van der Waals surface area contributed by atoms with Crippen molar-refractivity contribution in [3.05, 3.63) is 58.1 Å². The molecule has 0 spiro atoms. The van der Waals surface area contributed by atoms with E-state index >= 15 is 0 Å². The summed E-state index contributed by atoms with van der Waals surface area (Å²) in [6, 6.07) is 5.53. The average Bonchev–Trinajstić information content (AvgIpc) is 2.60. The summed E-state index contributed by atoms with van der Waals surface area (Å²) in [7, 11) is 0. The van der Waals surface area contributed by atoms with Gasteiger partial charge in [-0.15, -0.1) is 0 Å². The Kier molecular flexibility index (Phi) is 5.46. The van der Waals surface area contributed by atoms with Gasteiger partial charge in [0.25, 0.3) is 0 Å². The van der Waals surface area contributed by atoms with Crippen LogP contribution in [-0.2, 0) is 6.54 Å². The zero-order valence-corrected chi connectivity index (χ0v) is 14.7. The Labute approximate surface area is 154 Å². The normalized spacial score (nSPS) is 13.8. The van der Waals surface area contributed by atoms with Gasteiger partial charge in [-0.2, -0.15) is 0 Å². The number of fused-ring (bicyclic) bond motifs is 1. The maximum absolute atomic E-state index is 13.8. The summed E-state index contributed by atoms with van der Waals surface area (Å²) in [5.74, 6) is -0.357.